The van der Waals surface area contributed by atoms with Crippen LogP contribution in [0.15, 0.2) is 33.7 Å². The molecule has 136 valence electrons. The predicted octanol–water partition coefficient (Wildman–Crippen LogP) is 1.93. The van der Waals surface area contributed by atoms with E-state index in [1.807, 2.05) is 31.2 Å². The number of hydrogen-bond acceptors (Lipinski definition) is 5. The molecule has 0 radical (unpaired) electrons. The van der Waals surface area contributed by atoms with Gasteiger partial charge in [-0.3, -0.25) is 4.79 Å². The van der Waals surface area contributed by atoms with Gasteiger partial charge in [0.2, 0.25) is 15.9 Å². The molecule has 1 aromatic carbocycles. The normalized spacial score (nSPS) is 11.5. The maximum atomic E-state index is 12.4. The number of rotatable bonds is 7. The minimum atomic E-state index is -3.72. The second-order valence-electron chi connectivity index (χ2n) is 5.92. The van der Waals surface area contributed by atoms with Crippen LogP contribution in [0, 0.1) is 20.8 Å². The second-order valence-corrected chi connectivity index (χ2v) is 7.62. The Morgan fingerprint density at radius 2 is 1.92 bits per heavy atom. The van der Waals surface area contributed by atoms with Crippen LogP contribution in [0.3, 0.4) is 0 Å². The van der Waals surface area contributed by atoms with Crippen molar-refractivity contribution in [2.75, 3.05) is 13.1 Å². The van der Waals surface area contributed by atoms with E-state index < -0.39 is 10.0 Å². The number of carbonyl (C=O) groups excluding carboxylic acids is 1. The zero-order chi connectivity index (χ0) is 18.6. The molecule has 0 spiro atoms. The summed E-state index contributed by atoms with van der Waals surface area (Å²) in [7, 11) is -3.72. The lowest BCUT2D eigenvalue weighted by molar-refractivity contribution is -0.129. The second kappa shape index (κ2) is 7.79. The van der Waals surface area contributed by atoms with Gasteiger partial charge in [-0.1, -0.05) is 29.4 Å². The maximum absolute atomic E-state index is 12.4. The Kier molecular flexibility index (Phi) is 5.97. The third-order valence-corrected chi connectivity index (χ3v) is 5.68. The van der Waals surface area contributed by atoms with Crippen LogP contribution >= 0.6 is 0 Å². The molecule has 0 bridgehead atoms. The zero-order valence-electron chi connectivity index (χ0n) is 14.9. The van der Waals surface area contributed by atoms with Crippen molar-refractivity contribution >= 4 is 15.9 Å². The summed E-state index contributed by atoms with van der Waals surface area (Å²) < 4.78 is 32.2. The lowest BCUT2D eigenvalue weighted by Gasteiger charge is -2.22. The predicted molar refractivity (Wildman–Crippen MR) is 93.4 cm³/mol. The molecular formula is C17H23N3O4S. The number of nitrogens with one attached hydrogen (secondary N) is 1. The Hall–Kier alpha value is -2.19. The van der Waals surface area contributed by atoms with Crippen molar-refractivity contribution in [2.45, 2.75) is 39.1 Å². The molecule has 0 saturated carbocycles. The van der Waals surface area contributed by atoms with Crippen molar-refractivity contribution in [3.8, 4) is 0 Å². The van der Waals surface area contributed by atoms with Gasteiger partial charge in [0.05, 0.1) is 0 Å². The summed E-state index contributed by atoms with van der Waals surface area (Å²) in [4.78, 5) is 13.5. The van der Waals surface area contributed by atoms with E-state index in [2.05, 4.69) is 9.88 Å². The van der Waals surface area contributed by atoms with Crippen LogP contribution in [-0.2, 0) is 21.4 Å². The molecule has 0 fully saturated rings. The smallest absolute Gasteiger partial charge is 0.246 e. The fourth-order valence-electron chi connectivity index (χ4n) is 2.59. The van der Waals surface area contributed by atoms with Crippen molar-refractivity contribution in [2.24, 2.45) is 0 Å². The highest BCUT2D eigenvalue weighted by molar-refractivity contribution is 7.89. The minimum absolute atomic E-state index is 0.0563. The van der Waals surface area contributed by atoms with Gasteiger partial charge in [-0.25, -0.2) is 13.1 Å². The van der Waals surface area contributed by atoms with Gasteiger partial charge in [-0.05, 0) is 31.9 Å². The summed E-state index contributed by atoms with van der Waals surface area (Å²) in [5.41, 5.74) is 2.43. The summed E-state index contributed by atoms with van der Waals surface area (Å²) in [6.45, 7) is 7.40. The monoisotopic (exact) mass is 365 g/mol. The summed E-state index contributed by atoms with van der Waals surface area (Å²) in [6, 6.07) is 7.79. The third kappa shape index (κ3) is 4.67. The lowest BCUT2D eigenvalue weighted by Crippen LogP contribution is -2.37. The number of nitrogens with zero attached hydrogens (tertiary/aromatic N) is 2. The number of amides is 1. The topological polar surface area (TPSA) is 92.5 Å². The number of aromatic nitrogens is 1. The first kappa shape index (κ1) is 19.1. The van der Waals surface area contributed by atoms with E-state index in [0.717, 1.165) is 11.1 Å². The third-order valence-electron chi connectivity index (χ3n) is 3.98. The number of hydrogen-bond donors (Lipinski definition) is 1. The van der Waals surface area contributed by atoms with Crippen molar-refractivity contribution < 1.29 is 17.7 Å². The van der Waals surface area contributed by atoms with Crippen molar-refractivity contribution in [3.63, 3.8) is 0 Å². The molecular weight excluding hydrogens is 342 g/mol. The molecule has 2 rings (SSSR count). The van der Waals surface area contributed by atoms with Crippen molar-refractivity contribution in [1.29, 1.82) is 0 Å². The van der Waals surface area contributed by atoms with Crippen LogP contribution in [0.2, 0.25) is 0 Å². The molecule has 2 aromatic rings. The highest BCUT2D eigenvalue weighted by atomic mass is 32.2. The quantitative estimate of drug-likeness (QED) is 0.809. The SMILES string of the molecule is CC(=O)N(CCNS(=O)(=O)c1c(C)noc1C)Cc1ccccc1C. The fraction of sp³-hybridized carbons (Fsp3) is 0.412. The highest BCUT2D eigenvalue weighted by Gasteiger charge is 2.24. The van der Waals surface area contributed by atoms with E-state index in [4.69, 9.17) is 4.52 Å². The molecule has 0 aliphatic carbocycles. The Balaban J connectivity index is 2.03. The molecule has 8 heteroatoms. The molecule has 0 atom stereocenters. The molecule has 1 heterocycles. The van der Waals surface area contributed by atoms with Crippen LogP contribution in [0.5, 0.6) is 0 Å². The van der Waals surface area contributed by atoms with E-state index in [1.165, 1.54) is 6.92 Å². The van der Waals surface area contributed by atoms with Crippen molar-refractivity contribution in [1.82, 2.24) is 14.8 Å². The average molecular weight is 365 g/mol. The van der Waals surface area contributed by atoms with E-state index in [0.29, 0.717) is 12.2 Å². The summed E-state index contributed by atoms with van der Waals surface area (Å²) in [5, 5.41) is 3.66. The molecule has 1 aromatic heterocycles. The van der Waals surface area contributed by atoms with Gasteiger partial charge in [0.25, 0.3) is 0 Å². The maximum Gasteiger partial charge on any atom is 0.246 e. The molecule has 0 unspecified atom stereocenters. The van der Waals surface area contributed by atoms with Crippen LogP contribution < -0.4 is 4.72 Å². The number of benzene rings is 1. The molecule has 0 aliphatic rings. The van der Waals surface area contributed by atoms with Gasteiger partial charge in [-0.2, -0.15) is 0 Å². The van der Waals surface area contributed by atoms with E-state index in [1.54, 1.807) is 18.7 Å². The van der Waals surface area contributed by atoms with Gasteiger partial charge in [0, 0.05) is 26.6 Å². The van der Waals surface area contributed by atoms with E-state index in [9.17, 15) is 13.2 Å². The van der Waals surface area contributed by atoms with Gasteiger partial charge < -0.3 is 9.42 Å². The van der Waals surface area contributed by atoms with Crippen LogP contribution in [-0.4, -0.2) is 37.5 Å². The number of aryl methyl sites for hydroxylation is 3. The molecule has 0 saturated heterocycles. The van der Waals surface area contributed by atoms with Crippen LogP contribution in [0.25, 0.3) is 0 Å². The highest BCUT2D eigenvalue weighted by Crippen LogP contribution is 2.18. The first-order chi connectivity index (χ1) is 11.7. The Bertz CT molecular complexity index is 839. The van der Waals surface area contributed by atoms with E-state index in [-0.39, 0.29) is 29.7 Å². The minimum Gasteiger partial charge on any atom is -0.360 e. The Labute approximate surface area is 148 Å². The van der Waals surface area contributed by atoms with Gasteiger partial charge >= 0.3 is 0 Å². The summed E-state index contributed by atoms with van der Waals surface area (Å²) >= 11 is 0. The molecule has 0 aliphatic heterocycles. The molecule has 25 heavy (non-hydrogen) atoms. The summed E-state index contributed by atoms with van der Waals surface area (Å²) in [6.07, 6.45) is 0. The Morgan fingerprint density at radius 3 is 2.48 bits per heavy atom. The number of carbonyl (C=O) groups is 1. The number of sulfonamides is 1. The first-order valence-electron chi connectivity index (χ1n) is 7.95. The molecule has 7 nitrogen and oxygen atoms in total. The Morgan fingerprint density at radius 1 is 1.24 bits per heavy atom. The largest absolute Gasteiger partial charge is 0.360 e. The van der Waals surface area contributed by atoms with Gasteiger partial charge in [-0.15, -0.1) is 0 Å². The molecule has 1 N–H and O–H groups in total. The first-order valence-corrected chi connectivity index (χ1v) is 9.43. The van der Waals surface area contributed by atoms with Gasteiger partial charge in [0.1, 0.15) is 10.6 Å². The summed E-state index contributed by atoms with van der Waals surface area (Å²) in [5.74, 6) is 0.133. The van der Waals surface area contributed by atoms with Crippen molar-refractivity contribution in [3.05, 3.63) is 46.8 Å². The van der Waals surface area contributed by atoms with Crippen LogP contribution in [0.4, 0.5) is 0 Å². The van der Waals surface area contributed by atoms with E-state index >= 15 is 0 Å². The van der Waals surface area contributed by atoms with Crippen LogP contribution in [0.1, 0.15) is 29.5 Å². The zero-order valence-corrected chi connectivity index (χ0v) is 15.7. The fourth-order valence-corrected chi connectivity index (χ4v) is 3.93. The standard InChI is InChI=1S/C17H23N3O4S/c1-12-7-5-6-8-16(12)11-20(15(4)21)10-9-18-25(22,23)17-13(2)19-24-14(17)3/h5-8,18H,9-11H2,1-4H3. The lowest BCUT2D eigenvalue weighted by atomic mass is 10.1. The molecule has 1 amide bonds. The average Bonchev–Trinajstić information content (AvgIpc) is 2.87. The van der Waals surface area contributed by atoms with Gasteiger partial charge in [0.15, 0.2) is 5.76 Å².